The first-order valence-corrected chi connectivity index (χ1v) is 10.5. The van der Waals surface area contributed by atoms with Gasteiger partial charge in [-0.1, -0.05) is 12.1 Å². The van der Waals surface area contributed by atoms with E-state index in [1.54, 1.807) is 12.1 Å². The van der Waals surface area contributed by atoms with Crippen LogP contribution in [-0.2, 0) is 11.3 Å². The van der Waals surface area contributed by atoms with Crippen LogP contribution < -0.4 is 10.6 Å². The molecule has 0 saturated carbocycles. The molecule has 0 spiro atoms. The Morgan fingerprint density at radius 3 is 2.90 bits per heavy atom. The first-order valence-electron chi connectivity index (χ1n) is 9.61. The summed E-state index contributed by atoms with van der Waals surface area (Å²) in [7, 11) is 0. The van der Waals surface area contributed by atoms with Crippen LogP contribution in [0.4, 0.5) is 9.52 Å². The van der Waals surface area contributed by atoms with Crippen molar-refractivity contribution in [1.29, 1.82) is 0 Å². The van der Waals surface area contributed by atoms with Crippen molar-refractivity contribution in [3.8, 4) is 11.3 Å². The van der Waals surface area contributed by atoms with Crippen LogP contribution in [0.2, 0.25) is 0 Å². The number of ether oxygens (including phenoxy) is 1. The zero-order valence-electron chi connectivity index (χ0n) is 15.9. The van der Waals surface area contributed by atoms with E-state index in [2.05, 4.69) is 15.6 Å². The van der Waals surface area contributed by atoms with E-state index in [0.29, 0.717) is 18.7 Å². The first kappa shape index (κ1) is 19.5. The lowest BCUT2D eigenvalue weighted by Gasteiger charge is -2.11. The van der Waals surface area contributed by atoms with Gasteiger partial charge >= 0.3 is 0 Å². The first-order chi connectivity index (χ1) is 14.2. The summed E-state index contributed by atoms with van der Waals surface area (Å²) in [5.41, 5.74) is 3.31. The minimum absolute atomic E-state index is 0.0878. The lowest BCUT2D eigenvalue weighted by Crippen LogP contribution is -2.31. The fourth-order valence-corrected chi connectivity index (χ4v) is 3.94. The molecule has 0 aliphatic carbocycles. The van der Waals surface area contributed by atoms with Crippen LogP contribution in [0.25, 0.3) is 11.3 Å². The predicted molar refractivity (Wildman–Crippen MR) is 113 cm³/mol. The molecule has 7 heteroatoms. The molecule has 4 rings (SSSR count). The summed E-state index contributed by atoms with van der Waals surface area (Å²) in [6.07, 6.45) is 2.18. The Hall–Kier alpha value is -2.77. The van der Waals surface area contributed by atoms with Crippen molar-refractivity contribution in [2.45, 2.75) is 25.5 Å². The highest BCUT2D eigenvalue weighted by Gasteiger charge is 2.16. The van der Waals surface area contributed by atoms with Gasteiger partial charge in [0.2, 0.25) is 0 Å². The quantitative estimate of drug-likeness (QED) is 0.602. The average Bonchev–Trinajstić information content (AvgIpc) is 3.43. The van der Waals surface area contributed by atoms with E-state index in [1.165, 1.54) is 23.5 Å². The van der Waals surface area contributed by atoms with Gasteiger partial charge in [0.05, 0.1) is 11.8 Å². The van der Waals surface area contributed by atoms with Crippen LogP contribution in [0.5, 0.6) is 0 Å². The number of benzene rings is 2. The van der Waals surface area contributed by atoms with Crippen LogP contribution in [0.1, 0.15) is 28.8 Å². The van der Waals surface area contributed by atoms with Gasteiger partial charge in [0, 0.05) is 36.2 Å². The number of halogens is 1. The zero-order valence-corrected chi connectivity index (χ0v) is 16.7. The summed E-state index contributed by atoms with van der Waals surface area (Å²) >= 11 is 1.49. The van der Waals surface area contributed by atoms with Crippen LogP contribution in [0, 0.1) is 5.82 Å². The molecule has 1 aliphatic rings. The highest BCUT2D eigenvalue weighted by atomic mass is 32.1. The van der Waals surface area contributed by atoms with Gasteiger partial charge in [0.15, 0.2) is 5.13 Å². The second-order valence-electron chi connectivity index (χ2n) is 6.94. The van der Waals surface area contributed by atoms with Crippen molar-refractivity contribution >= 4 is 22.4 Å². The number of amides is 1. The molecule has 150 valence electrons. The molecule has 2 heterocycles. The van der Waals surface area contributed by atoms with Gasteiger partial charge in [0.1, 0.15) is 5.82 Å². The Kier molecular flexibility index (Phi) is 6.17. The van der Waals surface area contributed by atoms with Crippen LogP contribution >= 0.6 is 11.3 Å². The van der Waals surface area contributed by atoms with Gasteiger partial charge in [0.25, 0.3) is 5.91 Å². The van der Waals surface area contributed by atoms with Crippen molar-refractivity contribution < 1.29 is 13.9 Å². The highest BCUT2D eigenvalue weighted by Crippen LogP contribution is 2.25. The van der Waals surface area contributed by atoms with Crippen molar-refractivity contribution in [2.24, 2.45) is 0 Å². The molecule has 1 aliphatic heterocycles. The smallest absolute Gasteiger partial charge is 0.251 e. The van der Waals surface area contributed by atoms with E-state index < -0.39 is 0 Å². The molecule has 2 aromatic carbocycles. The Bertz CT molecular complexity index is 968. The van der Waals surface area contributed by atoms with Gasteiger partial charge in [-0.2, -0.15) is 0 Å². The standard InChI is InChI=1S/C22H22FN3O2S/c23-18-8-6-16(7-9-18)20-14-29-22(26-20)25-12-15-3-1-4-17(11-15)21(27)24-13-19-5-2-10-28-19/h1,3-4,6-9,11,14,19H,2,5,10,12-13H2,(H,24,27)(H,25,26). The lowest BCUT2D eigenvalue weighted by molar-refractivity contribution is 0.0857. The Labute approximate surface area is 172 Å². The topological polar surface area (TPSA) is 63.2 Å². The van der Waals surface area contributed by atoms with Crippen molar-refractivity contribution in [2.75, 3.05) is 18.5 Å². The van der Waals surface area contributed by atoms with Crippen molar-refractivity contribution in [1.82, 2.24) is 10.3 Å². The Morgan fingerprint density at radius 1 is 1.24 bits per heavy atom. The van der Waals surface area contributed by atoms with Crippen molar-refractivity contribution in [3.05, 3.63) is 70.9 Å². The second kappa shape index (κ2) is 9.15. The molecule has 0 bridgehead atoms. The molecule has 1 saturated heterocycles. The lowest BCUT2D eigenvalue weighted by atomic mass is 10.1. The number of hydrogen-bond acceptors (Lipinski definition) is 5. The number of nitrogens with zero attached hydrogens (tertiary/aromatic N) is 1. The predicted octanol–water partition coefficient (Wildman–Crippen LogP) is 4.47. The monoisotopic (exact) mass is 411 g/mol. The number of hydrogen-bond donors (Lipinski definition) is 2. The maximum absolute atomic E-state index is 13.1. The molecule has 3 aromatic rings. The molecular weight excluding hydrogens is 389 g/mol. The molecule has 1 aromatic heterocycles. The number of carbonyl (C=O) groups is 1. The van der Waals surface area contributed by atoms with Crippen LogP contribution in [0.3, 0.4) is 0 Å². The molecule has 1 amide bonds. The largest absolute Gasteiger partial charge is 0.376 e. The molecule has 1 fully saturated rings. The van der Waals surface area contributed by atoms with Gasteiger partial charge in [-0.05, 0) is 54.8 Å². The minimum Gasteiger partial charge on any atom is -0.376 e. The van der Waals surface area contributed by atoms with Gasteiger partial charge in [-0.25, -0.2) is 9.37 Å². The number of nitrogens with one attached hydrogen (secondary N) is 2. The number of carbonyl (C=O) groups excluding carboxylic acids is 1. The highest BCUT2D eigenvalue weighted by molar-refractivity contribution is 7.14. The van der Waals surface area contributed by atoms with Gasteiger partial charge < -0.3 is 15.4 Å². The summed E-state index contributed by atoms with van der Waals surface area (Å²) in [5, 5.41) is 8.94. The molecule has 29 heavy (non-hydrogen) atoms. The van der Waals surface area contributed by atoms with E-state index in [1.807, 2.05) is 29.6 Å². The third-order valence-corrected chi connectivity index (χ3v) is 5.59. The third-order valence-electron chi connectivity index (χ3n) is 4.79. The van der Waals surface area contributed by atoms with E-state index in [9.17, 15) is 9.18 Å². The van der Waals surface area contributed by atoms with Crippen molar-refractivity contribution in [3.63, 3.8) is 0 Å². The maximum Gasteiger partial charge on any atom is 0.251 e. The Morgan fingerprint density at radius 2 is 2.10 bits per heavy atom. The fraction of sp³-hybridized carbons (Fsp3) is 0.273. The summed E-state index contributed by atoms with van der Waals surface area (Å²) in [4.78, 5) is 16.9. The maximum atomic E-state index is 13.1. The normalized spacial score (nSPS) is 16.0. The molecule has 0 radical (unpaired) electrons. The van der Waals surface area contributed by atoms with E-state index >= 15 is 0 Å². The average molecular weight is 412 g/mol. The van der Waals surface area contributed by atoms with Gasteiger partial charge in [-0.15, -0.1) is 11.3 Å². The SMILES string of the molecule is O=C(NCC1CCCO1)c1cccc(CNc2nc(-c3ccc(F)cc3)cs2)c1. The summed E-state index contributed by atoms with van der Waals surface area (Å²) in [6.45, 7) is 1.89. The minimum atomic E-state index is -0.262. The van der Waals surface area contributed by atoms with E-state index in [0.717, 1.165) is 41.4 Å². The van der Waals surface area contributed by atoms with E-state index in [-0.39, 0.29) is 17.8 Å². The van der Waals surface area contributed by atoms with E-state index in [4.69, 9.17) is 4.74 Å². The third kappa shape index (κ3) is 5.19. The summed E-state index contributed by atoms with van der Waals surface area (Å²) < 4.78 is 18.6. The van der Waals surface area contributed by atoms with Gasteiger partial charge in [-0.3, -0.25) is 4.79 Å². The summed E-state index contributed by atoms with van der Waals surface area (Å²) in [6, 6.07) is 13.8. The number of rotatable bonds is 7. The molecule has 2 N–H and O–H groups in total. The molecular formula is C22H22FN3O2S. The van der Waals surface area contributed by atoms with Crippen LogP contribution in [-0.4, -0.2) is 30.1 Å². The summed E-state index contributed by atoms with van der Waals surface area (Å²) in [5.74, 6) is -0.350. The zero-order chi connectivity index (χ0) is 20.1. The molecule has 5 nitrogen and oxygen atoms in total. The number of thiazole rings is 1. The number of anilines is 1. The fourth-order valence-electron chi connectivity index (χ4n) is 3.22. The molecule has 1 unspecified atom stereocenters. The number of aromatic nitrogens is 1. The second-order valence-corrected chi connectivity index (χ2v) is 7.80. The van der Waals surface area contributed by atoms with Crippen LogP contribution in [0.15, 0.2) is 53.9 Å². The Balaban J connectivity index is 1.33. The molecule has 1 atom stereocenters.